The Labute approximate surface area is 183 Å². The molecule has 31 heavy (non-hydrogen) atoms. The van der Waals surface area contributed by atoms with Crippen molar-refractivity contribution in [1.82, 2.24) is 15.4 Å². The number of carbonyl (C=O) groups is 2. The van der Waals surface area contributed by atoms with Gasteiger partial charge in [0.1, 0.15) is 0 Å². The molecule has 0 aliphatic heterocycles. The molecule has 0 saturated carbocycles. The molecule has 0 spiro atoms. The number of amides is 2. The number of aryl methyl sites for hydroxylation is 2. The lowest BCUT2D eigenvalue weighted by Crippen LogP contribution is -2.33. The lowest BCUT2D eigenvalue weighted by atomic mass is 9.92. The Morgan fingerprint density at radius 2 is 1.48 bits per heavy atom. The van der Waals surface area contributed by atoms with Gasteiger partial charge in [0.15, 0.2) is 0 Å². The van der Waals surface area contributed by atoms with Crippen LogP contribution in [0.5, 0.6) is 0 Å². The molecule has 0 aromatic heterocycles. The molecular formula is C23H29N3O4S. The molecule has 1 aliphatic rings. The van der Waals surface area contributed by atoms with Crippen LogP contribution in [0.1, 0.15) is 42.4 Å². The van der Waals surface area contributed by atoms with Gasteiger partial charge in [-0.1, -0.05) is 36.4 Å². The predicted octanol–water partition coefficient (Wildman–Crippen LogP) is 2.06. The van der Waals surface area contributed by atoms with Gasteiger partial charge in [-0.25, -0.2) is 13.1 Å². The summed E-state index contributed by atoms with van der Waals surface area (Å²) in [4.78, 5) is 24.0. The van der Waals surface area contributed by atoms with E-state index in [0.29, 0.717) is 6.54 Å². The number of rotatable bonds is 10. The van der Waals surface area contributed by atoms with E-state index in [1.807, 2.05) is 36.4 Å². The topological polar surface area (TPSA) is 104 Å². The molecule has 3 rings (SSSR count). The van der Waals surface area contributed by atoms with Crippen LogP contribution >= 0.6 is 0 Å². The maximum Gasteiger partial charge on any atom is 0.240 e. The van der Waals surface area contributed by atoms with Crippen LogP contribution in [0.3, 0.4) is 0 Å². The first-order valence-corrected chi connectivity index (χ1v) is 12.1. The summed E-state index contributed by atoms with van der Waals surface area (Å²) in [5.41, 5.74) is 3.32. The van der Waals surface area contributed by atoms with Crippen molar-refractivity contribution < 1.29 is 18.0 Å². The third-order valence-electron chi connectivity index (χ3n) is 5.28. The quantitative estimate of drug-likeness (QED) is 0.523. The number of hydrogen-bond acceptors (Lipinski definition) is 4. The van der Waals surface area contributed by atoms with E-state index in [4.69, 9.17) is 0 Å². The van der Waals surface area contributed by atoms with Crippen molar-refractivity contribution in [2.75, 3.05) is 13.1 Å². The number of fused-ring (bicyclic) bond motifs is 1. The van der Waals surface area contributed by atoms with E-state index in [1.54, 1.807) is 12.1 Å². The van der Waals surface area contributed by atoms with Gasteiger partial charge in [0.25, 0.3) is 0 Å². The van der Waals surface area contributed by atoms with E-state index in [0.717, 1.165) is 36.8 Å². The second-order valence-corrected chi connectivity index (χ2v) is 9.41. The zero-order valence-electron chi connectivity index (χ0n) is 17.5. The van der Waals surface area contributed by atoms with Crippen molar-refractivity contribution in [3.63, 3.8) is 0 Å². The highest BCUT2D eigenvalue weighted by atomic mass is 32.2. The van der Waals surface area contributed by atoms with Crippen LogP contribution in [0.4, 0.5) is 0 Å². The fourth-order valence-electron chi connectivity index (χ4n) is 3.55. The van der Waals surface area contributed by atoms with Crippen LogP contribution in [0, 0.1) is 0 Å². The Bertz CT molecular complexity index is 1010. The predicted molar refractivity (Wildman–Crippen MR) is 119 cm³/mol. The molecule has 0 heterocycles. The molecule has 8 heteroatoms. The minimum atomic E-state index is -3.65. The van der Waals surface area contributed by atoms with E-state index >= 15 is 0 Å². The maximum absolute atomic E-state index is 12.5. The van der Waals surface area contributed by atoms with Gasteiger partial charge < -0.3 is 10.6 Å². The first kappa shape index (κ1) is 23.0. The molecular weight excluding hydrogens is 414 g/mol. The summed E-state index contributed by atoms with van der Waals surface area (Å²) in [6, 6.07) is 14.8. The smallest absolute Gasteiger partial charge is 0.240 e. The van der Waals surface area contributed by atoms with Gasteiger partial charge in [-0.2, -0.15) is 0 Å². The average Bonchev–Trinajstić information content (AvgIpc) is 2.78. The van der Waals surface area contributed by atoms with Gasteiger partial charge in [0.2, 0.25) is 21.8 Å². The number of nitrogens with one attached hydrogen (secondary N) is 3. The Balaban J connectivity index is 1.34. The summed E-state index contributed by atoms with van der Waals surface area (Å²) < 4.78 is 27.5. The zero-order chi connectivity index (χ0) is 22.1. The van der Waals surface area contributed by atoms with Gasteiger partial charge in [0.05, 0.1) is 4.90 Å². The Hall–Kier alpha value is -2.71. The van der Waals surface area contributed by atoms with E-state index < -0.39 is 10.0 Å². The van der Waals surface area contributed by atoms with E-state index in [1.165, 1.54) is 5.56 Å². The van der Waals surface area contributed by atoms with Crippen molar-refractivity contribution in [1.29, 1.82) is 0 Å². The highest BCUT2D eigenvalue weighted by Crippen LogP contribution is 2.23. The fraction of sp³-hybridized carbons (Fsp3) is 0.391. The summed E-state index contributed by atoms with van der Waals surface area (Å²) in [5.74, 6) is -0.457. The average molecular weight is 444 g/mol. The number of carbonyl (C=O) groups excluding carboxylic acids is 2. The summed E-state index contributed by atoms with van der Waals surface area (Å²) in [5, 5.41) is 5.44. The zero-order valence-corrected chi connectivity index (χ0v) is 18.3. The molecule has 7 nitrogen and oxygen atoms in total. The van der Waals surface area contributed by atoms with E-state index in [-0.39, 0.29) is 42.6 Å². The molecule has 2 aromatic carbocycles. The van der Waals surface area contributed by atoms with Crippen LogP contribution in [0.15, 0.2) is 53.4 Å². The molecule has 3 N–H and O–H groups in total. The highest BCUT2D eigenvalue weighted by Gasteiger charge is 2.17. The molecule has 0 atom stereocenters. The monoisotopic (exact) mass is 443 g/mol. The van der Waals surface area contributed by atoms with E-state index in [2.05, 4.69) is 15.4 Å². The lowest BCUT2D eigenvalue weighted by Gasteiger charge is -2.16. The van der Waals surface area contributed by atoms with Crippen molar-refractivity contribution in [3.8, 4) is 0 Å². The molecule has 166 valence electrons. The van der Waals surface area contributed by atoms with Gasteiger partial charge in [0, 0.05) is 32.5 Å². The van der Waals surface area contributed by atoms with Crippen LogP contribution in [0.25, 0.3) is 0 Å². The summed E-state index contributed by atoms with van der Waals surface area (Å²) in [6.07, 6.45) is 4.29. The van der Waals surface area contributed by atoms with Gasteiger partial charge in [-0.3, -0.25) is 9.59 Å². The van der Waals surface area contributed by atoms with Crippen LogP contribution in [0.2, 0.25) is 0 Å². The molecule has 0 fully saturated rings. The maximum atomic E-state index is 12.5. The first-order chi connectivity index (χ1) is 14.9. The summed E-state index contributed by atoms with van der Waals surface area (Å²) in [6.45, 7) is 0.653. The first-order valence-electron chi connectivity index (χ1n) is 10.6. The van der Waals surface area contributed by atoms with E-state index in [9.17, 15) is 18.0 Å². The van der Waals surface area contributed by atoms with Gasteiger partial charge in [-0.05, 0) is 54.5 Å². The van der Waals surface area contributed by atoms with Crippen molar-refractivity contribution in [2.45, 2.75) is 50.0 Å². The summed E-state index contributed by atoms with van der Waals surface area (Å²) in [7, 11) is -3.65. The van der Waals surface area contributed by atoms with Crippen molar-refractivity contribution >= 4 is 21.8 Å². The van der Waals surface area contributed by atoms with Crippen molar-refractivity contribution in [2.24, 2.45) is 0 Å². The van der Waals surface area contributed by atoms with Gasteiger partial charge >= 0.3 is 0 Å². The standard InChI is InChI=1S/C23H29N3O4S/c27-22(24-14-12-23(28)25-17-18-6-2-1-3-7-18)13-15-26-31(29,30)21-11-10-19-8-4-5-9-20(19)16-21/h1-3,6-7,10-11,16,26H,4-5,8-9,12-15,17H2,(H,24,27)(H,25,28). The molecule has 2 aromatic rings. The SMILES string of the molecule is O=C(CCNS(=O)(=O)c1ccc2c(c1)CCCC2)NCCC(=O)NCc1ccccc1. The van der Waals surface area contributed by atoms with Crippen LogP contribution in [-0.4, -0.2) is 33.3 Å². The third-order valence-corrected chi connectivity index (χ3v) is 6.74. The molecule has 1 aliphatic carbocycles. The minimum absolute atomic E-state index is 0.00541. The second kappa shape index (κ2) is 11.1. The van der Waals surface area contributed by atoms with Crippen molar-refractivity contribution in [3.05, 3.63) is 65.2 Å². The summed E-state index contributed by atoms with van der Waals surface area (Å²) >= 11 is 0. The highest BCUT2D eigenvalue weighted by molar-refractivity contribution is 7.89. The molecule has 0 bridgehead atoms. The largest absolute Gasteiger partial charge is 0.356 e. The second-order valence-electron chi connectivity index (χ2n) is 7.65. The van der Waals surface area contributed by atoms with Crippen LogP contribution < -0.4 is 15.4 Å². The number of hydrogen-bond donors (Lipinski definition) is 3. The molecule has 0 unspecified atom stereocenters. The number of benzene rings is 2. The Morgan fingerprint density at radius 1 is 0.806 bits per heavy atom. The molecule has 0 radical (unpaired) electrons. The third kappa shape index (κ3) is 7.18. The Morgan fingerprint density at radius 3 is 2.26 bits per heavy atom. The molecule has 0 saturated heterocycles. The van der Waals surface area contributed by atoms with Crippen LogP contribution in [-0.2, 0) is 39.0 Å². The van der Waals surface area contributed by atoms with Gasteiger partial charge in [-0.15, -0.1) is 0 Å². The Kier molecular flexibility index (Phi) is 8.20. The molecule has 2 amide bonds. The number of sulfonamides is 1. The normalized spacial score (nSPS) is 13.3. The minimum Gasteiger partial charge on any atom is -0.356 e. The lowest BCUT2D eigenvalue weighted by molar-refractivity contribution is -0.122. The fourth-order valence-corrected chi connectivity index (χ4v) is 4.63.